The van der Waals surface area contributed by atoms with Crippen molar-refractivity contribution in [3.8, 4) is 16.9 Å². The zero-order valence-corrected chi connectivity index (χ0v) is 17.1. The average molecular weight is 386 g/mol. The van der Waals surface area contributed by atoms with Crippen LogP contribution in [0.4, 0.5) is 5.69 Å². The van der Waals surface area contributed by atoms with Crippen molar-refractivity contribution < 1.29 is 9.53 Å². The maximum atomic E-state index is 12.7. The molecule has 0 fully saturated rings. The Bertz CT molecular complexity index is 1090. The maximum absolute atomic E-state index is 12.7. The number of aromatic amines is 1. The highest BCUT2D eigenvalue weighted by molar-refractivity contribution is 6.35. The van der Waals surface area contributed by atoms with Crippen LogP contribution in [0.15, 0.2) is 48.5 Å². The smallest absolute Gasteiger partial charge is 0.256 e. The van der Waals surface area contributed by atoms with Crippen molar-refractivity contribution in [2.24, 2.45) is 0 Å². The van der Waals surface area contributed by atoms with Crippen molar-refractivity contribution >= 4 is 23.2 Å². The summed E-state index contributed by atoms with van der Waals surface area (Å²) in [5.74, 6) is 0.788. The number of aromatic nitrogens is 1. The second kappa shape index (κ2) is 8.00. The van der Waals surface area contributed by atoms with Gasteiger partial charge in [0.2, 0.25) is 0 Å². The van der Waals surface area contributed by atoms with Crippen LogP contribution in [-0.4, -0.2) is 17.5 Å². The van der Waals surface area contributed by atoms with Crippen LogP contribution in [0.1, 0.15) is 43.3 Å². The molecule has 0 radical (unpaired) electrons. The minimum atomic E-state index is -0.0603. The summed E-state index contributed by atoms with van der Waals surface area (Å²) in [6.45, 7) is 6.87. The molecule has 4 rings (SSSR count). The van der Waals surface area contributed by atoms with E-state index in [0.29, 0.717) is 12.2 Å². The van der Waals surface area contributed by atoms with Crippen molar-refractivity contribution in [1.82, 2.24) is 4.98 Å². The van der Waals surface area contributed by atoms with E-state index in [2.05, 4.69) is 42.3 Å². The average Bonchev–Trinajstić information content (AvgIpc) is 3.28. The highest BCUT2D eigenvalue weighted by Gasteiger charge is 2.25. The number of carbonyl (C=O) groups is 1. The van der Waals surface area contributed by atoms with Gasteiger partial charge < -0.3 is 15.0 Å². The van der Waals surface area contributed by atoms with E-state index in [4.69, 9.17) is 4.74 Å². The third kappa shape index (κ3) is 3.70. The molecule has 0 bridgehead atoms. The molecule has 4 heteroatoms. The van der Waals surface area contributed by atoms with Gasteiger partial charge in [0.15, 0.2) is 0 Å². The van der Waals surface area contributed by atoms with Gasteiger partial charge in [-0.2, -0.15) is 0 Å². The number of fused-ring (bicyclic) bond motifs is 1. The van der Waals surface area contributed by atoms with Gasteiger partial charge in [-0.3, -0.25) is 4.79 Å². The Morgan fingerprint density at radius 3 is 2.55 bits per heavy atom. The summed E-state index contributed by atoms with van der Waals surface area (Å²) < 4.78 is 5.61. The second-order valence-electron chi connectivity index (χ2n) is 7.17. The molecule has 4 nitrogen and oxygen atoms in total. The molecule has 3 aromatic rings. The number of hydrogen-bond donors (Lipinski definition) is 2. The molecule has 0 saturated carbocycles. The molecule has 0 aliphatic carbocycles. The molecule has 2 heterocycles. The zero-order chi connectivity index (χ0) is 20.4. The summed E-state index contributed by atoms with van der Waals surface area (Å²) in [4.78, 5) is 16.1. The number of ether oxygens (including phenoxy) is 1. The molecule has 29 heavy (non-hydrogen) atoms. The number of nitrogens with one attached hydrogen (secondary N) is 2. The molecular weight excluding hydrogens is 360 g/mol. The monoisotopic (exact) mass is 386 g/mol. The minimum absolute atomic E-state index is 0.0603. The molecule has 2 N–H and O–H groups in total. The normalized spacial score (nSPS) is 14.2. The number of benzene rings is 2. The molecule has 0 spiro atoms. The number of amides is 1. The van der Waals surface area contributed by atoms with Crippen LogP contribution in [0.5, 0.6) is 5.75 Å². The van der Waals surface area contributed by atoms with Gasteiger partial charge in [0.1, 0.15) is 5.75 Å². The standard InChI is InChI=1S/C25H26N2O2/c1-4-16-12-19(5-2)26-23(16)15-22-21-11-10-18(14-24(21)27-25(22)28)17-8-7-9-20(13-17)29-6-3/h7-15,26H,4-6H2,1-3H3,(H,27,28). The molecule has 1 amide bonds. The van der Waals surface area contributed by atoms with Gasteiger partial charge in [-0.05, 0) is 66.8 Å². The lowest BCUT2D eigenvalue weighted by molar-refractivity contribution is -0.110. The Morgan fingerprint density at radius 1 is 0.966 bits per heavy atom. The van der Waals surface area contributed by atoms with Crippen LogP contribution in [0.2, 0.25) is 0 Å². The van der Waals surface area contributed by atoms with Crippen molar-refractivity contribution in [1.29, 1.82) is 0 Å². The van der Waals surface area contributed by atoms with E-state index < -0.39 is 0 Å². The topological polar surface area (TPSA) is 54.1 Å². The van der Waals surface area contributed by atoms with Crippen LogP contribution in [0, 0.1) is 0 Å². The lowest BCUT2D eigenvalue weighted by Crippen LogP contribution is -2.03. The van der Waals surface area contributed by atoms with Crippen LogP contribution >= 0.6 is 0 Å². The first-order chi connectivity index (χ1) is 14.1. The fourth-order valence-corrected chi connectivity index (χ4v) is 3.78. The summed E-state index contributed by atoms with van der Waals surface area (Å²) in [5, 5.41) is 3.02. The van der Waals surface area contributed by atoms with Crippen LogP contribution in [0.25, 0.3) is 22.8 Å². The maximum Gasteiger partial charge on any atom is 0.256 e. The highest BCUT2D eigenvalue weighted by atomic mass is 16.5. The van der Waals surface area contributed by atoms with Gasteiger partial charge in [-0.1, -0.05) is 38.1 Å². The first-order valence-electron chi connectivity index (χ1n) is 10.2. The number of rotatable bonds is 6. The van der Waals surface area contributed by atoms with Gasteiger partial charge in [-0.15, -0.1) is 0 Å². The van der Waals surface area contributed by atoms with E-state index >= 15 is 0 Å². The van der Waals surface area contributed by atoms with Crippen LogP contribution < -0.4 is 10.1 Å². The summed E-state index contributed by atoms with van der Waals surface area (Å²) in [7, 11) is 0. The van der Waals surface area contributed by atoms with Gasteiger partial charge in [0.25, 0.3) is 5.91 Å². The van der Waals surface area contributed by atoms with Gasteiger partial charge in [-0.25, -0.2) is 0 Å². The second-order valence-corrected chi connectivity index (χ2v) is 7.17. The Hall–Kier alpha value is -3.27. The summed E-state index contributed by atoms with van der Waals surface area (Å²) >= 11 is 0. The molecule has 1 aliphatic heterocycles. The van der Waals surface area contributed by atoms with E-state index in [1.165, 1.54) is 11.3 Å². The van der Waals surface area contributed by atoms with Gasteiger partial charge >= 0.3 is 0 Å². The third-order valence-electron chi connectivity index (χ3n) is 5.32. The van der Waals surface area contributed by atoms with Crippen molar-refractivity contribution in [3.63, 3.8) is 0 Å². The predicted molar refractivity (Wildman–Crippen MR) is 119 cm³/mol. The molecule has 2 aromatic carbocycles. The lowest BCUT2D eigenvalue weighted by Gasteiger charge is -2.08. The van der Waals surface area contributed by atoms with E-state index in [-0.39, 0.29) is 5.91 Å². The van der Waals surface area contributed by atoms with E-state index in [1.54, 1.807) is 0 Å². The number of hydrogen-bond acceptors (Lipinski definition) is 2. The van der Waals surface area contributed by atoms with Crippen LogP contribution in [0.3, 0.4) is 0 Å². The molecule has 0 saturated heterocycles. The Labute approximate surface area is 171 Å². The molecular formula is C25H26N2O2. The first-order valence-corrected chi connectivity index (χ1v) is 10.2. The van der Waals surface area contributed by atoms with Crippen LogP contribution in [-0.2, 0) is 17.6 Å². The number of aryl methyl sites for hydroxylation is 2. The van der Waals surface area contributed by atoms with Crippen molar-refractivity contribution in [2.45, 2.75) is 33.6 Å². The van der Waals surface area contributed by atoms with Gasteiger partial charge in [0, 0.05) is 22.6 Å². The Morgan fingerprint density at radius 2 is 1.79 bits per heavy atom. The Balaban J connectivity index is 1.71. The van der Waals surface area contributed by atoms with E-state index in [9.17, 15) is 4.79 Å². The largest absolute Gasteiger partial charge is 0.494 e. The minimum Gasteiger partial charge on any atom is -0.494 e. The predicted octanol–water partition coefficient (Wildman–Crippen LogP) is 5.70. The SMILES string of the molecule is CCOc1cccc(-c2ccc3c(c2)NC(=O)C3=Cc2[nH]c(CC)cc2CC)c1. The fourth-order valence-electron chi connectivity index (χ4n) is 3.78. The lowest BCUT2D eigenvalue weighted by atomic mass is 9.99. The molecule has 0 atom stereocenters. The fraction of sp³-hybridized carbons (Fsp3) is 0.240. The number of anilines is 1. The third-order valence-corrected chi connectivity index (χ3v) is 5.32. The zero-order valence-electron chi connectivity index (χ0n) is 17.1. The highest BCUT2D eigenvalue weighted by Crippen LogP contribution is 2.37. The van der Waals surface area contributed by atoms with E-state index in [0.717, 1.165) is 46.7 Å². The number of carbonyl (C=O) groups excluding carboxylic acids is 1. The Kier molecular flexibility index (Phi) is 5.26. The molecule has 148 valence electrons. The number of H-pyrrole nitrogens is 1. The first kappa shape index (κ1) is 19.1. The van der Waals surface area contributed by atoms with Gasteiger partial charge in [0.05, 0.1) is 12.2 Å². The molecule has 1 aliphatic rings. The van der Waals surface area contributed by atoms with E-state index in [1.807, 2.05) is 43.3 Å². The molecule has 1 aromatic heterocycles. The van der Waals surface area contributed by atoms with Crippen molar-refractivity contribution in [2.75, 3.05) is 11.9 Å². The summed E-state index contributed by atoms with van der Waals surface area (Å²) in [6.07, 6.45) is 3.86. The molecule has 0 unspecified atom stereocenters. The van der Waals surface area contributed by atoms with Crippen molar-refractivity contribution in [3.05, 3.63) is 71.0 Å². The quantitative estimate of drug-likeness (QED) is 0.534. The summed E-state index contributed by atoms with van der Waals surface area (Å²) in [5.41, 5.74) is 8.06. The summed E-state index contributed by atoms with van der Waals surface area (Å²) in [6, 6.07) is 16.3.